The highest BCUT2D eigenvalue weighted by Crippen LogP contribution is 2.03. The van der Waals surface area contributed by atoms with E-state index in [9.17, 15) is 0 Å². The SMILES string of the molecule is CN=C(Cn1ccnc1)c1ccccc1. The highest BCUT2D eigenvalue weighted by Gasteiger charge is 2.01. The van der Waals surface area contributed by atoms with E-state index < -0.39 is 0 Å². The Balaban J connectivity index is 2.20. The van der Waals surface area contributed by atoms with Crippen molar-refractivity contribution < 1.29 is 0 Å². The van der Waals surface area contributed by atoms with Crippen LogP contribution in [0.4, 0.5) is 0 Å². The maximum Gasteiger partial charge on any atom is 0.0949 e. The second-order valence-electron chi connectivity index (χ2n) is 3.27. The molecule has 0 aliphatic carbocycles. The van der Waals surface area contributed by atoms with E-state index in [0.29, 0.717) is 0 Å². The van der Waals surface area contributed by atoms with Gasteiger partial charge in [-0.25, -0.2) is 4.98 Å². The van der Waals surface area contributed by atoms with E-state index in [0.717, 1.165) is 17.8 Å². The van der Waals surface area contributed by atoms with E-state index in [1.165, 1.54) is 0 Å². The summed E-state index contributed by atoms with van der Waals surface area (Å²) in [5, 5.41) is 0. The van der Waals surface area contributed by atoms with E-state index in [1.54, 1.807) is 12.5 Å². The van der Waals surface area contributed by atoms with Crippen molar-refractivity contribution in [3.05, 3.63) is 54.6 Å². The molecule has 0 amide bonds. The van der Waals surface area contributed by atoms with Gasteiger partial charge in [-0.3, -0.25) is 4.99 Å². The van der Waals surface area contributed by atoms with Gasteiger partial charge in [0.15, 0.2) is 0 Å². The molecule has 0 atom stereocenters. The van der Waals surface area contributed by atoms with Gasteiger partial charge in [-0.05, 0) is 5.56 Å². The number of hydrogen-bond acceptors (Lipinski definition) is 2. The zero-order valence-corrected chi connectivity index (χ0v) is 8.67. The molecule has 3 heteroatoms. The molecular formula is C12H13N3. The van der Waals surface area contributed by atoms with Crippen LogP contribution in [0.15, 0.2) is 54.0 Å². The third kappa shape index (κ3) is 2.31. The minimum Gasteiger partial charge on any atom is -0.331 e. The van der Waals surface area contributed by atoms with E-state index >= 15 is 0 Å². The molecule has 0 aliphatic heterocycles. The molecule has 0 unspecified atom stereocenters. The van der Waals surface area contributed by atoms with Gasteiger partial charge in [0, 0.05) is 19.4 Å². The summed E-state index contributed by atoms with van der Waals surface area (Å²) < 4.78 is 2.01. The highest BCUT2D eigenvalue weighted by molar-refractivity contribution is 6.00. The Kier molecular flexibility index (Phi) is 2.93. The van der Waals surface area contributed by atoms with Gasteiger partial charge in [0.05, 0.1) is 18.6 Å². The molecule has 76 valence electrons. The Bertz CT molecular complexity index is 429. The predicted octanol–water partition coefficient (Wildman–Crippen LogP) is 2.00. The van der Waals surface area contributed by atoms with Gasteiger partial charge < -0.3 is 4.57 Å². The van der Waals surface area contributed by atoms with Crippen molar-refractivity contribution >= 4 is 5.71 Å². The first-order valence-corrected chi connectivity index (χ1v) is 4.87. The fraction of sp³-hybridized carbons (Fsp3) is 0.167. The summed E-state index contributed by atoms with van der Waals surface area (Å²) in [4.78, 5) is 8.31. The summed E-state index contributed by atoms with van der Waals surface area (Å²) in [6.07, 6.45) is 5.51. The van der Waals surface area contributed by atoms with Crippen molar-refractivity contribution in [3.63, 3.8) is 0 Å². The summed E-state index contributed by atoms with van der Waals surface area (Å²) in [7, 11) is 1.82. The molecule has 0 bridgehead atoms. The molecule has 1 heterocycles. The molecule has 1 aromatic heterocycles. The average molecular weight is 199 g/mol. The summed E-state index contributed by atoms with van der Waals surface area (Å²) >= 11 is 0. The first kappa shape index (κ1) is 9.65. The largest absolute Gasteiger partial charge is 0.331 e. The molecule has 0 aliphatic rings. The quantitative estimate of drug-likeness (QED) is 0.695. The Morgan fingerprint density at radius 2 is 2.13 bits per heavy atom. The molecule has 0 saturated carbocycles. The normalized spacial score (nSPS) is 11.7. The van der Waals surface area contributed by atoms with Crippen LogP contribution >= 0.6 is 0 Å². The molecule has 2 aromatic rings. The van der Waals surface area contributed by atoms with Crippen LogP contribution in [0.2, 0.25) is 0 Å². The third-order valence-electron chi connectivity index (χ3n) is 2.27. The van der Waals surface area contributed by atoms with Crippen LogP contribution in [0.25, 0.3) is 0 Å². The van der Waals surface area contributed by atoms with Crippen LogP contribution in [0.1, 0.15) is 5.56 Å². The van der Waals surface area contributed by atoms with Gasteiger partial charge in [-0.2, -0.15) is 0 Å². The summed E-state index contributed by atoms with van der Waals surface area (Å²) in [6.45, 7) is 0.764. The zero-order chi connectivity index (χ0) is 10.5. The lowest BCUT2D eigenvalue weighted by atomic mass is 10.1. The second kappa shape index (κ2) is 4.55. The smallest absolute Gasteiger partial charge is 0.0949 e. The van der Waals surface area contributed by atoms with Crippen LogP contribution in [0.3, 0.4) is 0 Å². The van der Waals surface area contributed by atoms with Gasteiger partial charge >= 0.3 is 0 Å². The predicted molar refractivity (Wildman–Crippen MR) is 61.1 cm³/mol. The van der Waals surface area contributed by atoms with Crippen molar-refractivity contribution in [1.82, 2.24) is 9.55 Å². The number of imidazole rings is 1. The van der Waals surface area contributed by atoms with Gasteiger partial charge in [0.25, 0.3) is 0 Å². The van der Waals surface area contributed by atoms with Crippen molar-refractivity contribution in [2.45, 2.75) is 6.54 Å². The Morgan fingerprint density at radius 3 is 2.73 bits per heavy atom. The van der Waals surface area contributed by atoms with Gasteiger partial charge in [-0.1, -0.05) is 30.3 Å². The van der Waals surface area contributed by atoms with E-state index in [4.69, 9.17) is 0 Å². The molecule has 0 radical (unpaired) electrons. The van der Waals surface area contributed by atoms with Gasteiger partial charge in [0.1, 0.15) is 0 Å². The molecule has 0 fully saturated rings. The zero-order valence-electron chi connectivity index (χ0n) is 8.67. The number of hydrogen-bond donors (Lipinski definition) is 0. The van der Waals surface area contributed by atoms with Crippen molar-refractivity contribution in [2.24, 2.45) is 4.99 Å². The maximum absolute atomic E-state index is 4.30. The molecule has 0 spiro atoms. The lowest BCUT2D eigenvalue weighted by Crippen LogP contribution is -2.10. The standard InChI is InChI=1S/C12H13N3/c1-13-12(9-15-8-7-14-10-15)11-5-3-2-4-6-11/h2-8,10H,9H2,1H3. The summed E-state index contributed by atoms with van der Waals surface area (Å²) in [5.74, 6) is 0. The first-order valence-electron chi connectivity index (χ1n) is 4.87. The summed E-state index contributed by atoms with van der Waals surface area (Å²) in [5.41, 5.74) is 2.22. The Morgan fingerprint density at radius 1 is 1.33 bits per heavy atom. The molecule has 3 nitrogen and oxygen atoms in total. The number of nitrogens with zero attached hydrogens (tertiary/aromatic N) is 3. The topological polar surface area (TPSA) is 30.2 Å². The Labute approximate surface area is 89.1 Å². The fourth-order valence-corrected chi connectivity index (χ4v) is 1.47. The second-order valence-corrected chi connectivity index (χ2v) is 3.27. The fourth-order valence-electron chi connectivity index (χ4n) is 1.47. The van der Waals surface area contributed by atoms with Crippen molar-refractivity contribution in [2.75, 3.05) is 7.05 Å². The first-order chi connectivity index (χ1) is 7.40. The molecule has 2 rings (SSSR count). The van der Waals surface area contributed by atoms with Gasteiger partial charge in [0.2, 0.25) is 0 Å². The van der Waals surface area contributed by atoms with Crippen LogP contribution in [-0.4, -0.2) is 22.3 Å². The average Bonchev–Trinajstić information content (AvgIpc) is 2.80. The monoisotopic (exact) mass is 199 g/mol. The number of benzene rings is 1. The number of aliphatic imine (C=N–C) groups is 1. The van der Waals surface area contributed by atoms with Crippen molar-refractivity contribution in [1.29, 1.82) is 0 Å². The van der Waals surface area contributed by atoms with E-state index in [1.807, 2.05) is 36.0 Å². The number of rotatable bonds is 3. The third-order valence-corrected chi connectivity index (χ3v) is 2.27. The number of aromatic nitrogens is 2. The van der Waals surface area contributed by atoms with Crippen LogP contribution in [0, 0.1) is 0 Å². The lowest BCUT2D eigenvalue weighted by Gasteiger charge is -2.06. The van der Waals surface area contributed by atoms with Crippen LogP contribution < -0.4 is 0 Å². The van der Waals surface area contributed by atoms with E-state index in [-0.39, 0.29) is 0 Å². The van der Waals surface area contributed by atoms with E-state index in [2.05, 4.69) is 22.1 Å². The van der Waals surface area contributed by atoms with Crippen LogP contribution in [-0.2, 0) is 6.54 Å². The van der Waals surface area contributed by atoms with Gasteiger partial charge in [-0.15, -0.1) is 0 Å². The lowest BCUT2D eigenvalue weighted by molar-refractivity contribution is 0.849. The maximum atomic E-state index is 4.30. The minimum absolute atomic E-state index is 0.764. The molecular weight excluding hydrogens is 186 g/mol. The molecule has 15 heavy (non-hydrogen) atoms. The molecule has 1 aromatic carbocycles. The molecule has 0 N–H and O–H groups in total. The summed E-state index contributed by atoms with van der Waals surface area (Å²) in [6, 6.07) is 10.2. The van der Waals surface area contributed by atoms with Crippen LogP contribution in [0.5, 0.6) is 0 Å². The van der Waals surface area contributed by atoms with Crippen molar-refractivity contribution in [3.8, 4) is 0 Å². The Hall–Kier alpha value is -1.90. The minimum atomic E-state index is 0.764. The molecule has 0 saturated heterocycles. The highest BCUT2D eigenvalue weighted by atomic mass is 15.0.